The van der Waals surface area contributed by atoms with Crippen molar-refractivity contribution in [2.75, 3.05) is 10.6 Å². The lowest BCUT2D eigenvalue weighted by molar-refractivity contribution is -0.119. The number of nitrogens with one attached hydrogen (secondary N) is 2. The number of amides is 2. The summed E-state index contributed by atoms with van der Waals surface area (Å²) >= 11 is 0. The molecule has 2 heterocycles. The minimum Gasteiger partial charge on any atom is -0.421 e. The fourth-order valence-corrected chi connectivity index (χ4v) is 3.03. The van der Waals surface area contributed by atoms with Gasteiger partial charge in [0.1, 0.15) is 18.7 Å². The maximum Gasteiger partial charge on any atom is 0.249 e. The van der Waals surface area contributed by atoms with Crippen molar-refractivity contribution in [3.8, 4) is 11.5 Å². The highest BCUT2D eigenvalue weighted by atomic mass is 16.4. The van der Waals surface area contributed by atoms with E-state index >= 15 is 0 Å². The fraction of sp³-hybridized carbons (Fsp3) is 0.217. The molecule has 0 saturated carbocycles. The van der Waals surface area contributed by atoms with E-state index < -0.39 is 6.04 Å². The van der Waals surface area contributed by atoms with Gasteiger partial charge in [0.15, 0.2) is 0 Å². The summed E-state index contributed by atoms with van der Waals surface area (Å²) < 4.78 is 7.13. The Morgan fingerprint density at radius 2 is 1.70 bits per heavy atom. The molecule has 2 amide bonds. The Morgan fingerprint density at radius 3 is 2.36 bits per heavy atom. The SMILES string of the molecule is Cc1ccc(-c2nnc(CCC(=O)Nc3ccc(NC(=O)[C@H](C)n4cncn4)cc3)o2)cc1. The molecule has 33 heavy (non-hydrogen) atoms. The molecule has 4 aromatic rings. The Kier molecular flexibility index (Phi) is 6.53. The Balaban J connectivity index is 1.26. The van der Waals surface area contributed by atoms with E-state index in [1.165, 1.54) is 17.3 Å². The van der Waals surface area contributed by atoms with Crippen LogP contribution in [-0.2, 0) is 16.0 Å². The highest BCUT2D eigenvalue weighted by Gasteiger charge is 2.15. The highest BCUT2D eigenvalue weighted by molar-refractivity contribution is 5.94. The van der Waals surface area contributed by atoms with E-state index in [-0.39, 0.29) is 18.2 Å². The van der Waals surface area contributed by atoms with Crippen LogP contribution in [0, 0.1) is 6.92 Å². The Morgan fingerprint density at radius 1 is 1.00 bits per heavy atom. The molecule has 0 spiro atoms. The summed E-state index contributed by atoms with van der Waals surface area (Å²) in [5.41, 5.74) is 3.21. The molecule has 0 bridgehead atoms. The molecule has 0 radical (unpaired) electrons. The fourth-order valence-electron chi connectivity index (χ4n) is 3.03. The molecule has 168 valence electrons. The van der Waals surface area contributed by atoms with Crippen molar-refractivity contribution < 1.29 is 14.0 Å². The van der Waals surface area contributed by atoms with Crippen LogP contribution in [0.3, 0.4) is 0 Å². The van der Waals surface area contributed by atoms with Crippen LogP contribution >= 0.6 is 0 Å². The van der Waals surface area contributed by atoms with Gasteiger partial charge in [0, 0.05) is 29.8 Å². The number of rotatable bonds is 8. The summed E-state index contributed by atoms with van der Waals surface area (Å²) in [4.78, 5) is 28.5. The second kappa shape index (κ2) is 9.86. The zero-order valence-corrected chi connectivity index (χ0v) is 18.2. The van der Waals surface area contributed by atoms with Crippen LogP contribution in [0.2, 0.25) is 0 Å². The lowest BCUT2D eigenvalue weighted by atomic mass is 10.1. The predicted octanol–water partition coefficient (Wildman–Crippen LogP) is 3.41. The average Bonchev–Trinajstić information content (AvgIpc) is 3.52. The van der Waals surface area contributed by atoms with Crippen LogP contribution in [-0.4, -0.2) is 36.8 Å². The summed E-state index contributed by atoms with van der Waals surface area (Å²) in [6.45, 7) is 3.73. The topological polar surface area (TPSA) is 128 Å². The number of aryl methyl sites for hydroxylation is 2. The van der Waals surface area contributed by atoms with E-state index in [1.807, 2.05) is 31.2 Å². The van der Waals surface area contributed by atoms with Crippen molar-refractivity contribution in [1.82, 2.24) is 25.0 Å². The van der Waals surface area contributed by atoms with Gasteiger partial charge < -0.3 is 15.1 Å². The first-order valence-corrected chi connectivity index (χ1v) is 10.4. The summed E-state index contributed by atoms with van der Waals surface area (Å²) in [5, 5.41) is 17.7. The van der Waals surface area contributed by atoms with Crippen molar-refractivity contribution in [3.63, 3.8) is 0 Å². The van der Waals surface area contributed by atoms with Crippen molar-refractivity contribution in [3.05, 3.63) is 72.6 Å². The largest absolute Gasteiger partial charge is 0.421 e. The number of carbonyl (C=O) groups is 2. The van der Waals surface area contributed by atoms with E-state index in [4.69, 9.17) is 4.42 Å². The van der Waals surface area contributed by atoms with E-state index in [0.29, 0.717) is 29.6 Å². The van der Waals surface area contributed by atoms with Crippen molar-refractivity contribution in [2.45, 2.75) is 32.7 Å². The molecule has 0 fully saturated rings. The minimum absolute atomic E-state index is 0.179. The molecule has 10 nitrogen and oxygen atoms in total. The maximum absolute atomic E-state index is 12.3. The first-order valence-electron chi connectivity index (χ1n) is 10.4. The van der Waals surface area contributed by atoms with Crippen LogP contribution in [0.5, 0.6) is 0 Å². The predicted molar refractivity (Wildman–Crippen MR) is 121 cm³/mol. The van der Waals surface area contributed by atoms with Gasteiger partial charge in [-0.15, -0.1) is 10.2 Å². The van der Waals surface area contributed by atoms with Crippen LogP contribution in [0.25, 0.3) is 11.5 Å². The van der Waals surface area contributed by atoms with Crippen LogP contribution in [0.4, 0.5) is 11.4 Å². The second-order valence-corrected chi connectivity index (χ2v) is 7.53. The van der Waals surface area contributed by atoms with Gasteiger partial charge >= 0.3 is 0 Å². The van der Waals surface area contributed by atoms with Crippen LogP contribution < -0.4 is 10.6 Å². The van der Waals surface area contributed by atoms with E-state index in [1.54, 1.807) is 31.2 Å². The second-order valence-electron chi connectivity index (χ2n) is 7.53. The third kappa shape index (κ3) is 5.67. The van der Waals surface area contributed by atoms with Gasteiger partial charge in [-0.2, -0.15) is 5.10 Å². The van der Waals surface area contributed by atoms with Gasteiger partial charge in [-0.3, -0.25) is 9.59 Å². The van der Waals surface area contributed by atoms with Gasteiger partial charge in [-0.25, -0.2) is 9.67 Å². The number of aromatic nitrogens is 5. The number of anilines is 2. The molecular formula is C23H23N7O3. The van der Waals surface area contributed by atoms with Gasteiger partial charge in [-0.1, -0.05) is 17.7 Å². The van der Waals surface area contributed by atoms with Gasteiger partial charge in [0.2, 0.25) is 23.6 Å². The van der Waals surface area contributed by atoms with Gasteiger partial charge in [-0.05, 0) is 50.2 Å². The molecule has 0 aliphatic heterocycles. The quantitative estimate of drug-likeness (QED) is 0.425. The molecule has 0 aliphatic carbocycles. The van der Waals surface area contributed by atoms with Gasteiger partial charge in [0.05, 0.1) is 0 Å². The molecule has 0 saturated heterocycles. The number of nitrogens with zero attached hydrogens (tertiary/aromatic N) is 5. The molecule has 1 atom stereocenters. The molecular weight excluding hydrogens is 422 g/mol. The summed E-state index contributed by atoms with van der Waals surface area (Å²) in [5.74, 6) is 0.435. The van der Waals surface area contributed by atoms with Gasteiger partial charge in [0.25, 0.3) is 0 Å². The molecule has 0 unspecified atom stereocenters. The number of carbonyl (C=O) groups excluding carboxylic acids is 2. The number of benzene rings is 2. The van der Waals surface area contributed by atoms with E-state index in [2.05, 4.69) is 30.9 Å². The van der Waals surface area contributed by atoms with E-state index in [9.17, 15) is 9.59 Å². The molecule has 2 aromatic heterocycles. The first-order chi connectivity index (χ1) is 16.0. The average molecular weight is 445 g/mol. The molecule has 2 N–H and O–H groups in total. The molecule has 0 aliphatic rings. The molecule has 2 aromatic carbocycles. The zero-order valence-electron chi connectivity index (χ0n) is 18.2. The third-order valence-corrected chi connectivity index (χ3v) is 4.98. The summed E-state index contributed by atoms with van der Waals surface area (Å²) in [7, 11) is 0. The van der Waals surface area contributed by atoms with Crippen LogP contribution in [0.15, 0.2) is 65.6 Å². The lowest BCUT2D eigenvalue weighted by Gasteiger charge is -2.12. The molecule has 4 rings (SSSR count). The van der Waals surface area contributed by atoms with Crippen LogP contribution in [0.1, 0.15) is 30.8 Å². The summed E-state index contributed by atoms with van der Waals surface area (Å²) in [6.07, 6.45) is 3.39. The Hall–Kier alpha value is -4.34. The highest BCUT2D eigenvalue weighted by Crippen LogP contribution is 2.19. The maximum atomic E-state index is 12.3. The smallest absolute Gasteiger partial charge is 0.249 e. The Labute approximate surface area is 190 Å². The summed E-state index contributed by atoms with van der Waals surface area (Å²) in [6, 6.07) is 14.2. The van der Waals surface area contributed by atoms with Crippen molar-refractivity contribution in [1.29, 1.82) is 0 Å². The minimum atomic E-state index is -0.497. The molecule has 10 heteroatoms. The zero-order chi connectivity index (χ0) is 23.2. The monoisotopic (exact) mass is 445 g/mol. The third-order valence-electron chi connectivity index (χ3n) is 4.98. The van der Waals surface area contributed by atoms with Crippen molar-refractivity contribution >= 4 is 23.2 Å². The number of hydrogen-bond acceptors (Lipinski definition) is 7. The lowest BCUT2D eigenvalue weighted by Crippen LogP contribution is -2.24. The Bertz CT molecular complexity index is 1220. The normalized spacial score (nSPS) is 11.7. The van der Waals surface area contributed by atoms with Crippen molar-refractivity contribution in [2.24, 2.45) is 0 Å². The van der Waals surface area contributed by atoms with E-state index in [0.717, 1.165) is 11.1 Å². The standard InChI is InChI=1S/C23H23N7O3/c1-15-3-5-17(6-4-15)23-29-28-21(33-23)12-11-20(31)26-18-7-9-19(10-8-18)27-22(32)16(2)30-14-24-13-25-30/h3-10,13-14,16H,11-12H2,1-2H3,(H,26,31)(H,27,32)/t16-/m0/s1. The first kappa shape index (κ1) is 21.9. The number of hydrogen-bond donors (Lipinski definition) is 2.